The maximum absolute atomic E-state index is 11.3. The fourth-order valence-electron chi connectivity index (χ4n) is 1.91. The van der Waals surface area contributed by atoms with Crippen molar-refractivity contribution in [2.24, 2.45) is 5.73 Å². The minimum atomic E-state index is -0.514. The van der Waals surface area contributed by atoms with Crippen LogP contribution in [0.15, 0.2) is 18.5 Å². The molecule has 2 heterocycles. The lowest BCUT2D eigenvalue weighted by Gasteiger charge is -2.09. The van der Waals surface area contributed by atoms with Crippen LogP contribution in [-0.2, 0) is 6.54 Å². The van der Waals surface area contributed by atoms with Crippen molar-refractivity contribution < 1.29 is 4.79 Å². The first-order chi connectivity index (χ1) is 8.59. The fraction of sp³-hybridized carbons (Fsp3) is 0.417. The molecule has 0 saturated heterocycles. The first-order valence-electron chi connectivity index (χ1n) is 5.84. The lowest BCUT2D eigenvalue weighted by Crippen LogP contribution is -2.16. The van der Waals surface area contributed by atoms with Gasteiger partial charge < -0.3 is 10.6 Å². The SMILES string of the molecule is CN(C)CCCn1nc(C(N)=O)c2cnccc21. The molecule has 0 aliphatic carbocycles. The first kappa shape index (κ1) is 12.5. The van der Waals surface area contributed by atoms with E-state index >= 15 is 0 Å². The Morgan fingerprint density at radius 2 is 2.28 bits per heavy atom. The average Bonchev–Trinajstić information content (AvgIpc) is 2.68. The third-order valence-electron chi connectivity index (χ3n) is 2.76. The Kier molecular flexibility index (Phi) is 3.57. The van der Waals surface area contributed by atoms with E-state index in [2.05, 4.69) is 15.0 Å². The zero-order chi connectivity index (χ0) is 13.1. The lowest BCUT2D eigenvalue weighted by molar-refractivity contribution is 0.0996. The molecule has 2 aromatic rings. The number of fused-ring (bicyclic) bond motifs is 1. The number of carbonyl (C=O) groups is 1. The van der Waals surface area contributed by atoms with Gasteiger partial charge >= 0.3 is 0 Å². The van der Waals surface area contributed by atoms with Crippen LogP contribution in [0.25, 0.3) is 10.9 Å². The van der Waals surface area contributed by atoms with Crippen LogP contribution in [0, 0.1) is 0 Å². The number of nitrogens with two attached hydrogens (primary N) is 1. The third-order valence-corrected chi connectivity index (χ3v) is 2.76. The molecular formula is C12H17N5O. The summed E-state index contributed by atoms with van der Waals surface area (Å²) < 4.78 is 1.82. The molecule has 6 nitrogen and oxygen atoms in total. The number of pyridine rings is 1. The summed E-state index contributed by atoms with van der Waals surface area (Å²) >= 11 is 0. The predicted molar refractivity (Wildman–Crippen MR) is 69.2 cm³/mol. The second kappa shape index (κ2) is 5.14. The molecule has 0 atom stereocenters. The Hall–Kier alpha value is -1.95. The maximum Gasteiger partial charge on any atom is 0.269 e. The normalized spacial score (nSPS) is 11.3. The molecule has 2 aromatic heterocycles. The molecule has 0 bridgehead atoms. The van der Waals surface area contributed by atoms with Gasteiger partial charge in [0.05, 0.1) is 10.9 Å². The van der Waals surface area contributed by atoms with Crippen LogP contribution in [0.1, 0.15) is 16.9 Å². The molecule has 0 spiro atoms. The van der Waals surface area contributed by atoms with Gasteiger partial charge in [0.15, 0.2) is 5.69 Å². The van der Waals surface area contributed by atoms with E-state index in [1.54, 1.807) is 12.4 Å². The van der Waals surface area contributed by atoms with E-state index in [1.165, 1.54) is 0 Å². The Labute approximate surface area is 105 Å². The van der Waals surface area contributed by atoms with Crippen molar-refractivity contribution >= 4 is 16.8 Å². The maximum atomic E-state index is 11.3. The van der Waals surface area contributed by atoms with Crippen molar-refractivity contribution in [1.29, 1.82) is 0 Å². The van der Waals surface area contributed by atoms with Gasteiger partial charge in [0.1, 0.15) is 0 Å². The van der Waals surface area contributed by atoms with Gasteiger partial charge in [-0.1, -0.05) is 0 Å². The minimum Gasteiger partial charge on any atom is -0.364 e. The highest BCUT2D eigenvalue weighted by Crippen LogP contribution is 2.17. The van der Waals surface area contributed by atoms with E-state index in [0.717, 1.165) is 30.4 Å². The number of hydrogen-bond acceptors (Lipinski definition) is 4. The van der Waals surface area contributed by atoms with Crippen molar-refractivity contribution in [3.8, 4) is 0 Å². The molecule has 0 fully saturated rings. The number of carbonyl (C=O) groups excluding carboxylic acids is 1. The fourth-order valence-corrected chi connectivity index (χ4v) is 1.91. The lowest BCUT2D eigenvalue weighted by atomic mass is 10.2. The molecule has 18 heavy (non-hydrogen) atoms. The molecule has 0 aliphatic rings. The smallest absolute Gasteiger partial charge is 0.269 e. The van der Waals surface area contributed by atoms with Crippen molar-refractivity contribution in [3.05, 3.63) is 24.2 Å². The van der Waals surface area contributed by atoms with Gasteiger partial charge in [0.2, 0.25) is 0 Å². The van der Waals surface area contributed by atoms with Gasteiger partial charge in [-0.25, -0.2) is 0 Å². The van der Waals surface area contributed by atoms with Gasteiger partial charge in [-0.2, -0.15) is 5.10 Å². The molecule has 0 unspecified atom stereocenters. The molecule has 0 aromatic carbocycles. The summed E-state index contributed by atoms with van der Waals surface area (Å²) in [6.45, 7) is 1.73. The zero-order valence-corrected chi connectivity index (χ0v) is 10.6. The molecule has 1 amide bonds. The molecule has 0 aliphatic heterocycles. The summed E-state index contributed by atoms with van der Waals surface area (Å²) in [5, 5.41) is 4.99. The second-order valence-corrected chi connectivity index (χ2v) is 4.49. The highest BCUT2D eigenvalue weighted by molar-refractivity contribution is 6.03. The topological polar surface area (TPSA) is 77.0 Å². The monoisotopic (exact) mass is 247 g/mol. The molecular weight excluding hydrogens is 230 g/mol. The molecule has 96 valence electrons. The number of primary amides is 1. The highest BCUT2D eigenvalue weighted by atomic mass is 16.1. The van der Waals surface area contributed by atoms with E-state index in [4.69, 9.17) is 5.73 Å². The summed E-state index contributed by atoms with van der Waals surface area (Å²) in [7, 11) is 4.06. The second-order valence-electron chi connectivity index (χ2n) is 4.49. The van der Waals surface area contributed by atoms with Crippen LogP contribution in [0.2, 0.25) is 0 Å². The summed E-state index contributed by atoms with van der Waals surface area (Å²) in [6.07, 6.45) is 4.28. The predicted octanol–water partition coefficient (Wildman–Crippen LogP) is 0.482. The first-order valence-corrected chi connectivity index (χ1v) is 5.84. The van der Waals surface area contributed by atoms with Crippen molar-refractivity contribution in [2.75, 3.05) is 20.6 Å². The third kappa shape index (κ3) is 2.48. The molecule has 2 rings (SSSR count). The highest BCUT2D eigenvalue weighted by Gasteiger charge is 2.14. The van der Waals surface area contributed by atoms with E-state index in [1.807, 2.05) is 24.8 Å². The quantitative estimate of drug-likeness (QED) is 0.833. The largest absolute Gasteiger partial charge is 0.364 e. The summed E-state index contributed by atoms with van der Waals surface area (Å²) in [5.74, 6) is -0.514. The number of rotatable bonds is 5. The number of aryl methyl sites for hydroxylation is 1. The van der Waals surface area contributed by atoms with Crippen LogP contribution in [0.3, 0.4) is 0 Å². The van der Waals surface area contributed by atoms with Crippen molar-refractivity contribution in [2.45, 2.75) is 13.0 Å². The number of nitrogens with zero attached hydrogens (tertiary/aromatic N) is 4. The van der Waals surface area contributed by atoms with E-state index < -0.39 is 5.91 Å². The van der Waals surface area contributed by atoms with E-state index in [-0.39, 0.29) is 0 Å². The van der Waals surface area contributed by atoms with E-state index in [0.29, 0.717) is 5.69 Å². The summed E-state index contributed by atoms with van der Waals surface area (Å²) in [5.41, 5.74) is 6.51. The van der Waals surface area contributed by atoms with Gasteiger partial charge in [-0.3, -0.25) is 14.5 Å². The van der Waals surface area contributed by atoms with Crippen molar-refractivity contribution in [3.63, 3.8) is 0 Å². The Balaban J connectivity index is 2.30. The Morgan fingerprint density at radius 1 is 1.50 bits per heavy atom. The van der Waals surface area contributed by atoms with Crippen LogP contribution in [-0.4, -0.2) is 46.2 Å². The zero-order valence-electron chi connectivity index (χ0n) is 10.6. The summed E-state index contributed by atoms with van der Waals surface area (Å²) in [6, 6.07) is 1.85. The molecule has 2 N–H and O–H groups in total. The standard InChI is InChI=1S/C12H17N5O/c1-16(2)6-3-7-17-10-4-5-14-8-9(10)11(15-17)12(13)18/h4-5,8H,3,6-7H2,1-2H3,(H2,13,18). The molecule has 0 saturated carbocycles. The van der Waals surface area contributed by atoms with Gasteiger partial charge in [-0.15, -0.1) is 0 Å². The van der Waals surface area contributed by atoms with Gasteiger partial charge in [-0.05, 0) is 33.1 Å². The minimum absolute atomic E-state index is 0.294. The Bertz CT molecular complexity index is 561. The number of hydrogen-bond donors (Lipinski definition) is 1. The van der Waals surface area contributed by atoms with E-state index in [9.17, 15) is 4.79 Å². The van der Waals surface area contributed by atoms with Crippen LogP contribution in [0.5, 0.6) is 0 Å². The number of amides is 1. The molecule has 6 heteroatoms. The average molecular weight is 247 g/mol. The summed E-state index contributed by atoms with van der Waals surface area (Å²) in [4.78, 5) is 17.4. The van der Waals surface area contributed by atoms with Crippen LogP contribution in [0.4, 0.5) is 0 Å². The molecule has 0 radical (unpaired) electrons. The van der Waals surface area contributed by atoms with Gasteiger partial charge in [0.25, 0.3) is 5.91 Å². The van der Waals surface area contributed by atoms with Crippen LogP contribution >= 0.6 is 0 Å². The van der Waals surface area contributed by atoms with Gasteiger partial charge in [0, 0.05) is 18.9 Å². The van der Waals surface area contributed by atoms with Crippen molar-refractivity contribution in [1.82, 2.24) is 19.7 Å². The Morgan fingerprint density at radius 3 is 2.94 bits per heavy atom. The number of aromatic nitrogens is 3. The van der Waals surface area contributed by atoms with Crippen LogP contribution < -0.4 is 5.73 Å².